The van der Waals surface area contributed by atoms with E-state index in [1.165, 1.54) is 18.2 Å². The standard InChI is InChI=1S/C8H6FNO2/c9-7-3-1-2-6(4-7)5-10-8(11)12/h1-5H,(H,11,12). The Morgan fingerprint density at radius 2 is 2.33 bits per heavy atom. The molecule has 3 nitrogen and oxygen atoms in total. The normalized spacial score (nSPS) is 10.4. The number of halogens is 1. The molecule has 0 bridgehead atoms. The maximum Gasteiger partial charge on any atom is 0.431 e. The van der Waals surface area contributed by atoms with Crippen LogP contribution in [0.4, 0.5) is 9.18 Å². The molecule has 12 heavy (non-hydrogen) atoms. The van der Waals surface area contributed by atoms with Gasteiger partial charge in [-0.1, -0.05) is 12.1 Å². The molecule has 0 saturated heterocycles. The molecular formula is C8H6FNO2. The molecule has 0 heterocycles. The number of benzene rings is 1. The monoisotopic (exact) mass is 167 g/mol. The number of aliphatic imine (C=N–C) groups is 1. The molecule has 1 N–H and O–H groups in total. The first-order valence-corrected chi connectivity index (χ1v) is 3.21. The number of amides is 1. The van der Waals surface area contributed by atoms with Crippen LogP contribution in [0.5, 0.6) is 0 Å². The molecule has 0 saturated carbocycles. The average molecular weight is 167 g/mol. The van der Waals surface area contributed by atoms with E-state index < -0.39 is 11.9 Å². The van der Waals surface area contributed by atoms with Gasteiger partial charge in [0.1, 0.15) is 5.82 Å². The van der Waals surface area contributed by atoms with Crippen LogP contribution in [0.2, 0.25) is 0 Å². The van der Waals surface area contributed by atoms with Gasteiger partial charge < -0.3 is 5.11 Å². The Morgan fingerprint density at radius 3 is 2.92 bits per heavy atom. The Bertz CT molecular complexity index is 323. The maximum atomic E-state index is 12.5. The second-order valence-electron chi connectivity index (χ2n) is 2.10. The van der Waals surface area contributed by atoms with Crippen LogP contribution in [0.25, 0.3) is 0 Å². The van der Waals surface area contributed by atoms with Crippen molar-refractivity contribution >= 4 is 12.3 Å². The van der Waals surface area contributed by atoms with Gasteiger partial charge in [-0.15, -0.1) is 0 Å². The van der Waals surface area contributed by atoms with Gasteiger partial charge in [0.25, 0.3) is 0 Å². The van der Waals surface area contributed by atoms with Crippen molar-refractivity contribution in [3.63, 3.8) is 0 Å². The Kier molecular flexibility index (Phi) is 2.53. The minimum absolute atomic E-state index is 0.413. The second kappa shape index (κ2) is 3.61. The Labute approximate surface area is 68.2 Å². The molecule has 0 radical (unpaired) electrons. The maximum absolute atomic E-state index is 12.5. The summed E-state index contributed by atoms with van der Waals surface area (Å²) in [7, 11) is 0. The predicted molar refractivity (Wildman–Crippen MR) is 42.0 cm³/mol. The molecule has 62 valence electrons. The quantitative estimate of drug-likeness (QED) is 0.649. The fourth-order valence-electron chi connectivity index (χ4n) is 0.717. The Morgan fingerprint density at radius 1 is 1.58 bits per heavy atom. The molecule has 1 rings (SSSR count). The van der Waals surface area contributed by atoms with E-state index in [0.29, 0.717) is 5.56 Å². The number of carbonyl (C=O) groups is 1. The highest BCUT2D eigenvalue weighted by Gasteiger charge is 1.92. The van der Waals surface area contributed by atoms with E-state index in [2.05, 4.69) is 4.99 Å². The van der Waals surface area contributed by atoms with E-state index in [1.54, 1.807) is 6.07 Å². The van der Waals surface area contributed by atoms with Crippen LogP contribution in [0.15, 0.2) is 29.3 Å². The summed E-state index contributed by atoms with van der Waals surface area (Å²) >= 11 is 0. The zero-order valence-corrected chi connectivity index (χ0v) is 6.07. The van der Waals surface area contributed by atoms with Gasteiger partial charge in [0, 0.05) is 6.21 Å². The zero-order valence-electron chi connectivity index (χ0n) is 6.07. The van der Waals surface area contributed by atoms with Gasteiger partial charge in [0.05, 0.1) is 0 Å². The lowest BCUT2D eigenvalue weighted by Crippen LogP contribution is -1.88. The molecule has 0 aromatic heterocycles. The van der Waals surface area contributed by atoms with Crippen molar-refractivity contribution in [3.05, 3.63) is 35.6 Å². The topological polar surface area (TPSA) is 49.7 Å². The van der Waals surface area contributed by atoms with E-state index in [1.807, 2.05) is 0 Å². The highest BCUT2D eigenvalue weighted by Crippen LogP contribution is 2.00. The smallest absolute Gasteiger partial charge is 0.431 e. The molecule has 1 amide bonds. The van der Waals surface area contributed by atoms with Gasteiger partial charge in [-0.05, 0) is 17.7 Å². The summed E-state index contributed by atoms with van der Waals surface area (Å²) in [5.41, 5.74) is 0.428. The number of hydrogen-bond donors (Lipinski definition) is 1. The average Bonchev–Trinajstić information content (AvgIpc) is 2.01. The number of nitrogens with zero attached hydrogens (tertiary/aromatic N) is 1. The fraction of sp³-hybridized carbons (Fsp3) is 0. The summed E-state index contributed by atoms with van der Waals surface area (Å²) in [6.45, 7) is 0. The van der Waals surface area contributed by atoms with E-state index in [0.717, 1.165) is 6.21 Å². The van der Waals surface area contributed by atoms with Gasteiger partial charge in [0.15, 0.2) is 0 Å². The Hall–Kier alpha value is -1.71. The summed E-state index contributed by atoms with van der Waals surface area (Å²) in [5.74, 6) is -0.413. The largest absolute Gasteiger partial charge is 0.463 e. The molecule has 0 aliphatic rings. The van der Waals surface area contributed by atoms with Crippen molar-refractivity contribution in [2.45, 2.75) is 0 Å². The summed E-state index contributed by atoms with van der Waals surface area (Å²) in [5, 5.41) is 8.15. The third kappa shape index (κ3) is 2.49. The lowest BCUT2D eigenvalue weighted by Gasteiger charge is -1.90. The van der Waals surface area contributed by atoms with Crippen LogP contribution in [0, 0.1) is 5.82 Å². The number of rotatable bonds is 1. The first kappa shape index (κ1) is 8.39. The molecule has 1 aromatic rings. The fourth-order valence-corrected chi connectivity index (χ4v) is 0.717. The van der Waals surface area contributed by atoms with E-state index in [4.69, 9.17) is 5.11 Å². The van der Waals surface area contributed by atoms with Crippen molar-refractivity contribution in [2.75, 3.05) is 0 Å². The number of hydrogen-bond acceptors (Lipinski definition) is 1. The molecule has 0 unspecified atom stereocenters. The van der Waals surface area contributed by atoms with E-state index >= 15 is 0 Å². The third-order valence-corrected chi connectivity index (χ3v) is 1.17. The van der Waals surface area contributed by atoms with Crippen molar-refractivity contribution in [1.29, 1.82) is 0 Å². The van der Waals surface area contributed by atoms with Crippen molar-refractivity contribution < 1.29 is 14.3 Å². The molecule has 0 aliphatic heterocycles. The number of carboxylic acid groups (broad SMARTS) is 1. The van der Waals surface area contributed by atoms with Gasteiger partial charge in [0.2, 0.25) is 0 Å². The lowest BCUT2D eigenvalue weighted by molar-refractivity contribution is 0.206. The first-order chi connectivity index (χ1) is 5.68. The van der Waals surface area contributed by atoms with Crippen molar-refractivity contribution in [2.24, 2.45) is 4.99 Å². The van der Waals surface area contributed by atoms with Crippen LogP contribution < -0.4 is 0 Å². The van der Waals surface area contributed by atoms with Crippen molar-refractivity contribution in [3.8, 4) is 0 Å². The SMILES string of the molecule is O=C(O)N=Cc1cccc(F)c1. The molecule has 0 spiro atoms. The van der Waals surface area contributed by atoms with Crippen LogP contribution in [-0.4, -0.2) is 17.4 Å². The zero-order chi connectivity index (χ0) is 8.97. The van der Waals surface area contributed by atoms with E-state index in [-0.39, 0.29) is 0 Å². The van der Waals surface area contributed by atoms with Crippen LogP contribution in [0.1, 0.15) is 5.56 Å². The van der Waals surface area contributed by atoms with Crippen LogP contribution in [0.3, 0.4) is 0 Å². The minimum Gasteiger partial charge on any atom is -0.463 e. The highest BCUT2D eigenvalue weighted by atomic mass is 19.1. The summed E-state index contributed by atoms with van der Waals surface area (Å²) in [6, 6.07) is 5.53. The van der Waals surface area contributed by atoms with E-state index in [9.17, 15) is 9.18 Å². The summed E-state index contributed by atoms with van der Waals surface area (Å²) in [4.78, 5) is 13.0. The molecule has 0 fully saturated rings. The molecule has 1 aromatic carbocycles. The van der Waals surface area contributed by atoms with Gasteiger partial charge in [-0.25, -0.2) is 9.18 Å². The van der Waals surface area contributed by atoms with Crippen molar-refractivity contribution in [1.82, 2.24) is 0 Å². The summed E-state index contributed by atoms with van der Waals surface area (Å²) < 4.78 is 12.5. The van der Waals surface area contributed by atoms with Crippen LogP contribution >= 0.6 is 0 Å². The Balaban J connectivity index is 2.83. The first-order valence-electron chi connectivity index (χ1n) is 3.21. The minimum atomic E-state index is -1.29. The lowest BCUT2D eigenvalue weighted by atomic mass is 10.2. The van der Waals surface area contributed by atoms with Crippen LogP contribution in [-0.2, 0) is 0 Å². The van der Waals surface area contributed by atoms with Gasteiger partial charge >= 0.3 is 6.09 Å². The third-order valence-electron chi connectivity index (χ3n) is 1.17. The van der Waals surface area contributed by atoms with Gasteiger partial charge in [-0.3, -0.25) is 0 Å². The second-order valence-corrected chi connectivity index (χ2v) is 2.10. The summed E-state index contributed by atoms with van der Waals surface area (Å²) in [6.07, 6.45) is -0.204. The molecular weight excluding hydrogens is 161 g/mol. The molecule has 0 aliphatic carbocycles. The van der Waals surface area contributed by atoms with Gasteiger partial charge in [-0.2, -0.15) is 4.99 Å². The highest BCUT2D eigenvalue weighted by molar-refractivity contribution is 5.88. The predicted octanol–water partition coefficient (Wildman–Crippen LogP) is 1.92. The molecule has 4 heteroatoms. The molecule has 0 atom stereocenters.